The molecule has 21 heavy (non-hydrogen) atoms. The van der Waals surface area contributed by atoms with Gasteiger partial charge in [-0.3, -0.25) is 4.99 Å². The standard InChI is InChI=1S/C15H20FN3O2/c1-11-6-13(15(16)18-7-11)12-8-17-10-19(9-12)5-4-14(20-2)21-3/h6-9,14H,4-5,10H2,1-3H3. The van der Waals surface area contributed by atoms with Crippen LogP contribution in [-0.2, 0) is 9.47 Å². The second kappa shape index (κ2) is 7.28. The van der Waals surface area contributed by atoms with E-state index in [1.54, 1.807) is 26.5 Å². The highest BCUT2D eigenvalue weighted by Crippen LogP contribution is 2.20. The van der Waals surface area contributed by atoms with E-state index in [1.807, 2.05) is 18.0 Å². The van der Waals surface area contributed by atoms with Crippen molar-refractivity contribution in [2.75, 3.05) is 27.4 Å². The van der Waals surface area contributed by atoms with E-state index in [9.17, 15) is 4.39 Å². The van der Waals surface area contributed by atoms with Crippen molar-refractivity contribution >= 4 is 11.8 Å². The number of hydrogen-bond acceptors (Lipinski definition) is 5. The second-order valence-corrected chi connectivity index (χ2v) is 4.89. The van der Waals surface area contributed by atoms with Crippen molar-refractivity contribution < 1.29 is 13.9 Å². The van der Waals surface area contributed by atoms with Crippen LogP contribution in [-0.4, -0.2) is 49.8 Å². The summed E-state index contributed by atoms with van der Waals surface area (Å²) in [5, 5.41) is 0. The molecule has 1 aliphatic heterocycles. The van der Waals surface area contributed by atoms with Gasteiger partial charge in [0.05, 0.1) is 0 Å². The molecule has 0 bridgehead atoms. The Morgan fingerprint density at radius 3 is 2.86 bits per heavy atom. The lowest BCUT2D eigenvalue weighted by Gasteiger charge is -2.24. The molecule has 0 N–H and O–H groups in total. The van der Waals surface area contributed by atoms with Crippen LogP contribution in [0.15, 0.2) is 23.5 Å². The Hall–Kier alpha value is -1.79. The van der Waals surface area contributed by atoms with E-state index in [0.717, 1.165) is 11.1 Å². The summed E-state index contributed by atoms with van der Waals surface area (Å²) in [6.07, 6.45) is 5.56. The summed E-state index contributed by atoms with van der Waals surface area (Å²) < 4.78 is 24.2. The summed E-state index contributed by atoms with van der Waals surface area (Å²) >= 11 is 0. The van der Waals surface area contributed by atoms with Gasteiger partial charge in [0.2, 0.25) is 5.95 Å². The first kappa shape index (κ1) is 15.6. The molecule has 1 aliphatic rings. The SMILES string of the molecule is COC(CCN1C=C(c2cc(C)cnc2F)C=NC1)OC. The van der Waals surface area contributed by atoms with Crippen molar-refractivity contribution in [3.63, 3.8) is 0 Å². The van der Waals surface area contributed by atoms with Gasteiger partial charge >= 0.3 is 0 Å². The van der Waals surface area contributed by atoms with Crippen molar-refractivity contribution in [3.8, 4) is 0 Å². The Bertz CT molecular complexity index is 542. The zero-order chi connectivity index (χ0) is 15.2. The van der Waals surface area contributed by atoms with E-state index in [-0.39, 0.29) is 6.29 Å². The number of hydrogen-bond donors (Lipinski definition) is 0. The third-order valence-electron chi connectivity index (χ3n) is 3.28. The van der Waals surface area contributed by atoms with Gasteiger partial charge in [0.1, 0.15) is 6.67 Å². The molecule has 0 aliphatic carbocycles. The number of nitrogens with zero attached hydrogens (tertiary/aromatic N) is 3. The fourth-order valence-corrected chi connectivity index (χ4v) is 2.15. The molecule has 1 aromatic heterocycles. The predicted octanol–water partition coefficient (Wildman–Crippen LogP) is 2.22. The van der Waals surface area contributed by atoms with Crippen LogP contribution in [0.25, 0.3) is 5.57 Å². The maximum absolute atomic E-state index is 13.8. The Balaban J connectivity index is 2.09. The highest BCUT2D eigenvalue weighted by atomic mass is 19.1. The van der Waals surface area contributed by atoms with Gasteiger partial charge in [-0.05, 0) is 18.6 Å². The van der Waals surface area contributed by atoms with Crippen LogP contribution in [0, 0.1) is 12.9 Å². The van der Waals surface area contributed by atoms with Gasteiger partial charge in [0, 0.05) is 56.9 Å². The normalized spacial score (nSPS) is 14.7. The van der Waals surface area contributed by atoms with E-state index in [1.165, 1.54) is 6.20 Å². The molecule has 2 rings (SSSR count). The molecule has 0 saturated carbocycles. The molecule has 6 heteroatoms. The van der Waals surface area contributed by atoms with E-state index < -0.39 is 5.95 Å². The minimum Gasteiger partial charge on any atom is -0.358 e. The van der Waals surface area contributed by atoms with Gasteiger partial charge in [-0.2, -0.15) is 4.39 Å². The van der Waals surface area contributed by atoms with Gasteiger partial charge in [0.25, 0.3) is 0 Å². The number of methoxy groups -OCH3 is 2. The summed E-state index contributed by atoms with van der Waals surface area (Å²) in [7, 11) is 3.22. The maximum atomic E-state index is 13.8. The van der Waals surface area contributed by atoms with Crippen molar-refractivity contribution in [2.45, 2.75) is 19.6 Å². The summed E-state index contributed by atoms with van der Waals surface area (Å²) in [5.74, 6) is -0.480. The lowest BCUT2D eigenvalue weighted by atomic mass is 10.1. The summed E-state index contributed by atoms with van der Waals surface area (Å²) in [5.41, 5.74) is 2.11. The fourth-order valence-electron chi connectivity index (χ4n) is 2.15. The van der Waals surface area contributed by atoms with Crippen molar-refractivity contribution in [2.24, 2.45) is 4.99 Å². The van der Waals surface area contributed by atoms with E-state index in [0.29, 0.717) is 25.2 Å². The number of aryl methyl sites for hydroxylation is 1. The molecule has 0 radical (unpaired) electrons. The first-order valence-electron chi connectivity index (χ1n) is 6.78. The molecule has 0 spiro atoms. The number of ether oxygens (including phenoxy) is 2. The Labute approximate surface area is 124 Å². The fraction of sp³-hybridized carbons (Fsp3) is 0.467. The molecule has 0 aromatic carbocycles. The lowest BCUT2D eigenvalue weighted by Crippen LogP contribution is -2.27. The van der Waals surface area contributed by atoms with Crippen molar-refractivity contribution in [1.29, 1.82) is 0 Å². The third-order valence-corrected chi connectivity index (χ3v) is 3.28. The lowest BCUT2D eigenvalue weighted by molar-refractivity contribution is -0.108. The number of rotatable bonds is 6. The Kier molecular flexibility index (Phi) is 5.41. The number of aliphatic imine (C=N–C) groups is 1. The zero-order valence-electron chi connectivity index (χ0n) is 12.5. The molecule has 0 atom stereocenters. The van der Waals surface area contributed by atoms with E-state index in [4.69, 9.17) is 9.47 Å². The molecule has 0 saturated heterocycles. The highest BCUT2D eigenvalue weighted by Gasteiger charge is 2.14. The minimum atomic E-state index is -0.480. The average Bonchev–Trinajstić information content (AvgIpc) is 2.51. The van der Waals surface area contributed by atoms with Crippen LogP contribution in [0.5, 0.6) is 0 Å². The van der Waals surface area contributed by atoms with Crippen LogP contribution >= 0.6 is 0 Å². The van der Waals surface area contributed by atoms with E-state index >= 15 is 0 Å². The second-order valence-electron chi connectivity index (χ2n) is 4.89. The van der Waals surface area contributed by atoms with Crippen LogP contribution in [0.3, 0.4) is 0 Å². The molecule has 0 fully saturated rings. The largest absolute Gasteiger partial charge is 0.358 e. The van der Waals surface area contributed by atoms with Gasteiger partial charge < -0.3 is 14.4 Å². The monoisotopic (exact) mass is 293 g/mol. The molecule has 1 aromatic rings. The number of pyridine rings is 1. The van der Waals surface area contributed by atoms with Gasteiger partial charge in [0.15, 0.2) is 6.29 Å². The smallest absolute Gasteiger partial charge is 0.220 e. The minimum absolute atomic E-state index is 0.245. The van der Waals surface area contributed by atoms with Crippen LogP contribution < -0.4 is 0 Å². The third kappa shape index (κ3) is 4.09. The number of halogens is 1. The molecule has 2 heterocycles. The molecule has 114 valence electrons. The number of allylic oxidation sites excluding steroid dienone is 1. The van der Waals surface area contributed by atoms with Crippen LogP contribution in [0.2, 0.25) is 0 Å². The quantitative estimate of drug-likeness (QED) is 0.596. The summed E-state index contributed by atoms with van der Waals surface area (Å²) in [6.45, 7) is 3.15. The first-order valence-corrected chi connectivity index (χ1v) is 6.78. The van der Waals surface area contributed by atoms with Crippen LogP contribution in [0.1, 0.15) is 17.5 Å². The van der Waals surface area contributed by atoms with E-state index in [2.05, 4.69) is 9.98 Å². The highest BCUT2D eigenvalue weighted by molar-refractivity contribution is 6.10. The molecular formula is C15H20FN3O2. The van der Waals surface area contributed by atoms with Crippen molar-refractivity contribution in [3.05, 3.63) is 35.5 Å². The van der Waals surface area contributed by atoms with Gasteiger partial charge in [-0.25, -0.2) is 4.98 Å². The molecular weight excluding hydrogens is 273 g/mol. The van der Waals surface area contributed by atoms with Crippen molar-refractivity contribution in [1.82, 2.24) is 9.88 Å². The maximum Gasteiger partial charge on any atom is 0.220 e. The van der Waals surface area contributed by atoms with Gasteiger partial charge in [-0.1, -0.05) is 0 Å². The topological polar surface area (TPSA) is 47.0 Å². The zero-order valence-corrected chi connectivity index (χ0v) is 12.5. The number of aromatic nitrogens is 1. The summed E-state index contributed by atoms with van der Waals surface area (Å²) in [4.78, 5) is 10.0. The molecule has 5 nitrogen and oxygen atoms in total. The van der Waals surface area contributed by atoms with Crippen LogP contribution in [0.4, 0.5) is 4.39 Å². The first-order chi connectivity index (χ1) is 10.1. The summed E-state index contributed by atoms with van der Waals surface area (Å²) in [6, 6.07) is 1.77. The average molecular weight is 293 g/mol. The molecule has 0 unspecified atom stereocenters. The van der Waals surface area contributed by atoms with Gasteiger partial charge in [-0.15, -0.1) is 0 Å². The predicted molar refractivity (Wildman–Crippen MR) is 79.4 cm³/mol. The Morgan fingerprint density at radius 2 is 2.14 bits per heavy atom. The Morgan fingerprint density at radius 1 is 1.38 bits per heavy atom. The molecule has 0 amide bonds.